The molecule has 2 aliphatic rings. The molecular weight excluding hydrogens is 302 g/mol. The predicted octanol–water partition coefficient (Wildman–Crippen LogP) is 1.87. The molecule has 0 heterocycles. The second kappa shape index (κ2) is 7.54. The molecule has 2 rings (SSSR count). The van der Waals surface area contributed by atoms with Crippen LogP contribution in [0.5, 0.6) is 0 Å². The van der Waals surface area contributed by atoms with Crippen LogP contribution in [0.15, 0.2) is 0 Å². The second-order valence-corrected chi connectivity index (χ2v) is 8.38. The Bertz CT molecular complexity index is 372. The maximum absolute atomic E-state index is 10.1. The lowest BCUT2D eigenvalue weighted by Gasteiger charge is -2.24. The Hall–Kier alpha value is 0.570. The van der Waals surface area contributed by atoms with E-state index in [0.717, 1.165) is 17.8 Å². The lowest BCUT2D eigenvalue weighted by molar-refractivity contribution is 0.293. The van der Waals surface area contributed by atoms with E-state index >= 15 is 0 Å². The first-order chi connectivity index (χ1) is 8.73. The normalized spacial score (nSPS) is 32.6. The van der Waals surface area contributed by atoms with Crippen LogP contribution in [0, 0.1) is 17.8 Å². The van der Waals surface area contributed by atoms with Crippen LogP contribution in [-0.4, -0.2) is 35.8 Å². The zero-order chi connectivity index (χ0) is 14.6. The first-order valence-corrected chi connectivity index (χ1v) is 9.48. The number of thiol groups is 2. The van der Waals surface area contributed by atoms with Crippen LogP contribution in [0.2, 0.25) is 0 Å². The Kier molecular flexibility index (Phi) is 6.99. The molecule has 0 aliphatic heterocycles. The van der Waals surface area contributed by atoms with Gasteiger partial charge in [0.15, 0.2) is 0 Å². The summed E-state index contributed by atoms with van der Waals surface area (Å²) < 4.78 is 28.4. The number of fused-ring (bicyclic) bond motifs is 2. The molecule has 0 aromatic carbocycles. The van der Waals surface area contributed by atoms with E-state index in [-0.39, 0.29) is 11.0 Å². The summed E-state index contributed by atoms with van der Waals surface area (Å²) in [5.41, 5.74) is 5.88. The van der Waals surface area contributed by atoms with E-state index in [2.05, 4.69) is 32.2 Å². The fraction of sp³-hybridized carbons (Fsp3) is 1.00. The van der Waals surface area contributed by atoms with Crippen molar-refractivity contribution in [3.63, 3.8) is 0 Å². The minimum absolute atomic E-state index is 0.334. The predicted molar refractivity (Wildman–Crippen MR) is 85.6 cm³/mol. The molecule has 0 radical (unpaired) electrons. The maximum atomic E-state index is 10.1. The summed E-state index contributed by atoms with van der Waals surface area (Å²) in [6.07, 6.45) is 5.89. The van der Waals surface area contributed by atoms with Gasteiger partial charge >= 0.3 is 0 Å². The average molecular weight is 328 g/mol. The highest BCUT2D eigenvalue weighted by Gasteiger charge is 2.40. The van der Waals surface area contributed by atoms with Crippen LogP contribution in [0.1, 0.15) is 32.6 Å². The van der Waals surface area contributed by atoms with Gasteiger partial charge in [0, 0.05) is 17.0 Å². The Morgan fingerprint density at radius 1 is 1.37 bits per heavy atom. The molecule has 5 unspecified atom stereocenters. The van der Waals surface area contributed by atoms with Gasteiger partial charge in [0.2, 0.25) is 0 Å². The summed E-state index contributed by atoms with van der Waals surface area (Å²) in [5.74, 6) is 2.94. The summed E-state index contributed by atoms with van der Waals surface area (Å²) in [6, 6.07) is 0.454. The van der Waals surface area contributed by atoms with Crippen molar-refractivity contribution in [3.05, 3.63) is 0 Å². The monoisotopic (exact) mass is 327 g/mol. The van der Waals surface area contributed by atoms with Gasteiger partial charge in [-0.25, -0.2) is 0 Å². The molecule has 7 heteroatoms. The fourth-order valence-electron chi connectivity index (χ4n) is 3.23. The molecule has 0 saturated heterocycles. The highest BCUT2D eigenvalue weighted by Crippen LogP contribution is 2.49. The van der Waals surface area contributed by atoms with Crippen LogP contribution >= 0.6 is 25.3 Å². The van der Waals surface area contributed by atoms with Crippen LogP contribution in [0.25, 0.3) is 0 Å². The first kappa shape index (κ1) is 17.6. The topological polar surface area (TPSA) is 80.4 Å². The van der Waals surface area contributed by atoms with E-state index in [1.165, 1.54) is 25.7 Å². The van der Waals surface area contributed by atoms with Crippen LogP contribution in [0.4, 0.5) is 0 Å². The minimum atomic E-state index is -3.86. The molecule has 2 saturated carbocycles. The summed E-state index contributed by atoms with van der Waals surface area (Å²) in [4.78, 5) is 0. The van der Waals surface area contributed by atoms with Gasteiger partial charge in [-0.2, -0.15) is 33.7 Å². The Labute approximate surface area is 127 Å². The van der Waals surface area contributed by atoms with Gasteiger partial charge in [-0.05, 0) is 43.9 Å². The lowest BCUT2D eigenvalue weighted by Crippen LogP contribution is -2.30. The Morgan fingerprint density at radius 2 is 2.00 bits per heavy atom. The SMILES string of the molecule is CC(N)C1CC2CCC1C2.O=S(=O)(O)CC(S)CS. The minimum Gasteiger partial charge on any atom is -0.328 e. The van der Waals surface area contributed by atoms with Crippen molar-refractivity contribution in [3.8, 4) is 0 Å². The molecule has 2 fully saturated rings. The zero-order valence-electron chi connectivity index (χ0n) is 11.3. The van der Waals surface area contributed by atoms with Crippen LogP contribution in [0.3, 0.4) is 0 Å². The van der Waals surface area contributed by atoms with E-state index in [1.54, 1.807) is 0 Å². The molecule has 19 heavy (non-hydrogen) atoms. The number of rotatable bonds is 4. The fourth-order valence-corrected chi connectivity index (χ4v) is 4.71. The van der Waals surface area contributed by atoms with E-state index in [9.17, 15) is 8.42 Å². The van der Waals surface area contributed by atoms with Crippen LogP contribution in [-0.2, 0) is 10.1 Å². The van der Waals surface area contributed by atoms with Crippen molar-refractivity contribution < 1.29 is 13.0 Å². The number of hydrogen-bond acceptors (Lipinski definition) is 5. The van der Waals surface area contributed by atoms with Gasteiger partial charge in [-0.3, -0.25) is 4.55 Å². The number of hydrogen-bond donors (Lipinski definition) is 4. The highest BCUT2D eigenvalue weighted by atomic mass is 32.2. The molecule has 5 atom stereocenters. The van der Waals surface area contributed by atoms with E-state index < -0.39 is 10.1 Å². The summed E-state index contributed by atoms with van der Waals surface area (Å²) in [5, 5.41) is -0.386. The van der Waals surface area contributed by atoms with Crippen molar-refractivity contribution in [2.75, 3.05) is 11.5 Å². The zero-order valence-corrected chi connectivity index (χ0v) is 13.9. The van der Waals surface area contributed by atoms with Gasteiger partial charge < -0.3 is 5.73 Å². The van der Waals surface area contributed by atoms with Crippen molar-refractivity contribution in [1.29, 1.82) is 0 Å². The Balaban J connectivity index is 0.000000192. The molecule has 2 bridgehead atoms. The van der Waals surface area contributed by atoms with E-state index in [1.807, 2.05) is 0 Å². The van der Waals surface area contributed by atoms with Crippen molar-refractivity contribution in [2.24, 2.45) is 23.5 Å². The summed E-state index contributed by atoms with van der Waals surface area (Å²) in [7, 11) is -3.86. The van der Waals surface area contributed by atoms with Crippen molar-refractivity contribution in [1.82, 2.24) is 0 Å². The molecule has 3 N–H and O–H groups in total. The first-order valence-electron chi connectivity index (χ1n) is 6.72. The van der Waals surface area contributed by atoms with E-state index in [0.29, 0.717) is 11.8 Å². The molecule has 4 nitrogen and oxygen atoms in total. The lowest BCUT2D eigenvalue weighted by atomic mass is 9.84. The molecule has 114 valence electrons. The van der Waals surface area contributed by atoms with Gasteiger partial charge in [-0.1, -0.05) is 6.42 Å². The second-order valence-electron chi connectivity index (χ2n) is 5.78. The molecule has 0 aromatic rings. The van der Waals surface area contributed by atoms with Gasteiger partial charge in [0.1, 0.15) is 0 Å². The molecule has 2 aliphatic carbocycles. The largest absolute Gasteiger partial charge is 0.328 e. The maximum Gasteiger partial charge on any atom is 0.265 e. The van der Waals surface area contributed by atoms with Gasteiger partial charge in [-0.15, -0.1) is 0 Å². The molecular formula is C12H25NO3S3. The highest BCUT2D eigenvalue weighted by molar-refractivity contribution is 7.89. The Morgan fingerprint density at radius 3 is 2.21 bits per heavy atom. The standard InChI is InChI=1S/C9H17N.C3H8O3S3/c1-6(10)9-5-7-2-3-8(9)4-7;4-9(5,6)2-3(8)1-7/h6-9H,2-5,10H2,1H3;3,7-8H,1-2H2,(H,4,5,6). The average Bonchev–Trinajstić information content (AvgIpc) is 2.89. The van der Waals surface area contributed by atoms with Gasteiger partial charge in [0.25, 0.3) is 10.1 Å². The smallest absolute Gasteiger partial charge is 0.265 e. The number of nitrogens with two attached hydrogens (primary N) is 1. The third kappa shape index (κ3) is 6.25. The third-order valence-corrected chi connectivity index (χ3v) is 6.25. The van der Waals surface area contributed by atoms with E-state index in [4.69, 9.17) is 10.3 Å². The summed E-state index contributed by atoms with van der Waals surface area (Å²) >= 11 is 7.58. The van der Waals surface area contributed by atoms with Gasteiger partial charge in [0.05, 0.1) is 5.75 Å². The third-order valence-electron chi connectivity index (χ3n) is 4.08. The molecule has 0 aromatic heterocycles. The van der Waals surface area contributed by atoms with Crippen molar-refractivity contribution in [2.45, 2.75) is 43.9 Å². The van der Waals surface area contributed by atoms with Crippen LogP contribution < -0.4 is 5.73 Å². The molecule has 0 spiro atoms. The quantitative estimate of drug-likeness (QED) is 0.469. The van der Waals surface area contributed by atoms with Crippen molar-refractivity contribution >= 4 is 35.4 Å². The summed E-state index contributed by atoms with van der Waals surface area (Å²) in [6.45, 7) is 2.17. The molecule has 0 amide bonds.